The number of benzene rings is 1. The molecule has 1 aliphatic rings. The van der Waals surface area contributed by atoms with Crippen molar-refractivity contribution in [3.05, 3.63) is 28.8 Å². The molecule has 1 aromatic rings. The van der Waals surface area contributed by atoms with E-state index in [1.54, 1.807) is 12.1 Å². The van der Waals surface area contributed by atoms with Gasteiger partial charge in [-0.25, -0.2) is 4.79 Å². The van der Waals surface area contributed by atoms with E-state index in [1.165, 1.54) is 25.0 Å². The van der Waals surface area contributed by atoms with Crippen molar-refractivity contribution in [2.75, 3.05) is 25.1 Å². The first-order chi connectivity index (χ1) is 12.9. The molecular formula is C20H27ClN2O4. The van der Waals surface area contributed by atoms with Gasteiger partial charge in [0.15, 0.2) is 0 Å². The van der Waals surface area contributed by atoms with Crippen LogP contribution in [0, 0.1) is 0 Å². The van der Waals surface area contributed by atoms with Gasteiger partial charge in [0.1, 0.15) is 0 Å². The molecule has 1 aromatic carbocycles. The van der Waals surface area contributed by atoms with Gasteiger partial charge < -0.3 is 14.5 Å². The molecule has 1 unspecified atom stereocenters. The van der Waals surface area contributed by atoms with Crippen LogP contribution in [0.1, 0.15) is 56.3 Å². The molecule has 2 amide bonds. The highest BCUT2D eigenvalue weighted by Crippen LogP contribution is 2.28. The molecule has 0 saturated carbocycles. The average molecular weight is 395 g/mol. The molecular weight excluding hydrogens is 368 g/mol. The van der Waals surface area contributed by atoms with Crippen LogP contribution in [0.15, 0.2) is 18.2 Å². The Morgan fingerprint density at radius 1 is 1.30 bits per heavy atom. The summed E-state index contributed by atoms with van der Waals surface area (Å²) in [6.07, 6.45) is 4.36. The molecule has 0 aromatic heterocycles. The Kier molecular flexibility index (Phi) is 7.66. The quantitative estimate of drug-likeness (QED) is 0.690. The van der Waals surface area contributed by atoms with E-state index >= 15 is 0 Å². The highest BCUT2D eigenvalue weighted by atomic mass is 35.5. The number of carbonyl (C=O) groups excluding carboxylic acids is 3. The summed E-state index contributed by atoms with van der Waals surface area (Å²) in [4.78, 5) is 40.1. The molecule has 0 aliphatic carbocycles. The van der Waals surface area contributed by atoms with Crippen molar-refractivity contribution in [3.63, 3.8) is 0 Å². The van der Waals surface area contributed by atoms with Gasteiger partial charge in [-0.2, -0.15) is 0 Å². The fraction of sp³-hybridized carbons (Fsp3) is 0.550. The molecule has 0 spiro atoms. The molecule has 0 bridgehead atoms. The Bertz CT molecular complexity index is 707. The minimum absolute atomic E-state index is 0.0491. The first kappa shape index (κ1) is 21.2. The smallest absolute Gasteiger partial charge is 0.337 e. The molecule has 1 saturated heterocycles. The van der Waals surface area contributed by atoms with E-state index in [4.69, 9.17) is 16.3 Å². The molecule has 1 aliphatic heterocycles. The van der Waals surface area contributed by atoms with Crippen molar-refractivity contribution in [2.45, 2.75) is 52.0 Å². The summed E-state index contributed by atoms with van der Waals surface area (Å²) >= 11 is 6.25. The molecule has 2 rings (SSSR count). The van der Waals surface area contributed by atoms with Gasteiger partial charge in [-0.05, 0) is 43.9 Å². The van der Waals surface area contributed by atoms with E-state index in [-0.39, 0.29) is 30.8 Å². The zero-order valence-electron chi connectivity index (χ0n) is 16.2. The third kappa shape index (κ3) is 5.22. The van der Waals surface area contributed by atoms with Crippen LogP contribution in [0.5, 0.6) is 0 Å². The summed E-state index contributed by atoms with van der Waals surface area (Å²) in [5.41, 5.74) is 0.710. The number of nitrogens with zero attached hydrogens (tertiary/aromatic N) is 2. The lowest BCUT2D eigenvalue weighted by Crippen LogP contribution is -2.44. The van der Waals surface area contributed by atoms with Crippen molar-refractivity contribution in [2.24, 2.45) is 0 Å². The Morgan fingerprint density at radius 3 is 2.67 bits per heavy atom. The maximum absolute atomic E-state index is 12.7. The lowest BCUT2D eigenvalue weighted by Gasteiger charge is -2.36. The van der Waals surface area contributed by atoms with E-state index in [1.807, 2.05) is 4.90 Å². The second-order valence-electron chi connectivity index (χ2n) is 6.72. The topological polar surface area (TPSA) is 66.9 Å². The van der Waals surface area contributed by atoms with Gasteiger partial charge in [0.2, 0.25) is 11.8 Å². The van der Waals surface area contributed by atoms with Crippen LogP contribution in [0.25, 0.3) is 0 Å². The summed E-state index contributed by atoms with van der Waals surface area (Å²) < 4.78 is 4.73. The average Bonchev–Trinajstić information content (AvgIpc) is 2.68. The lowest BCUT2D eigenvalue weighted by atomic mass is 9.99. The number of piperidine rings is 1. The molecule has 1 heterocycles. The normalized spacial score (nSPS) is 16.7. The third-order valence-electron chi connectivity index (χ3n) is 5.01. The number of rotatable bonds is 6. The van der Waals surface area contributed by atoms with Crippen LogP contribution < -0.4 is 4.90 Å². The molecule has 0 N–H and O–H groups in total. The van der Waals surface area contributed by atoms with Crippen LogP contribution in [0.4, 0.5) is 5.69 Å². The van der Waals surface area contributed by atoms with Gasteiger partial charge in [-0.3, -0.25) is 9.59 Å². The Hall–Kier alpha value is -2.08. The second kappa shape index (κ2) is 9.74. The fourth-order valence-electron chi connectivity index (χ4n) is 3.52. The predicted octanol–water partition coefficient (Wildman–Crippen LogP) is 3.66. The van der Waals surface area contributed by atoms with E-state index in [2.05, 4.69) is 6.92 Å². The first-order valence-corrected chi connectivity index (χ1v) is 9.72. The summed E-state index contributed by atoms with van der Waals surface area (Å²) in [5.74, 6) is -0.697. The van der Waals surface area contributed by atoms with E-state index < -0.39 is 5.97 Å². The summed E-state index contributed by atoms with van der Waals surface area (Å²) in [5, 5.41) is 0.342. The number of hydrogen-bond acceptors (Lipinski definition) is 4. The van der Waals surface area contributed by atoms with E-state index in [0.717, 1.165) is 32.2 Å². The number of methoxy groups -OCH3 is 1. The van der Waals surface area contributed by atoms with Crippen LogP contribution in [-0.2, 0) is 14.3 Å². The van der Waals surface area contributed by atoms with Gasteiger partial charge >= 0.3 is 5.97 Å². The van der Waals surface area contributed by atoms with Crippen molar-refractivity contribution >= 4 is 35.1 Å². The highest BCUT2D eigenvalue weighted by Gasteiger charge is 2.26. The number of anilines is 1. The van der Waals surface area contributed by atoms with Crippen molar-refractivity contribution < 1.29 is 19.1 Å². The van der Waals surface area contributed by atoms with Gasteiger partial charge in [0.05, 0.1) is 23.4 Å². The second-order valence-corrected chi connectivity index (χ2v) is 7.13. The van der Waals surface area contributed by atoms with Gasteiger partial charge in [-0.15, -0.1) is 0 Å². The largest absolute Gasteiger partial charge is 0.465 e. The highest BCUT2D eigenvalue weighted by molar-refractivity contribution is 6.34. The number of amides is 2. The first-order valence-electron chi connectivity index (χ1n) is 9.34. The minimum atomic E-state index is -0.508. The molecule has 6 nitrogen and oxygen atoms in total. The number of esters is 1. The van der Waals surface area contributed by atoms with Crippen LogP contribution in [0.2, 0.25) is 5.02 Å². The number of halogens is 1. The van der Waals surface area contributed by atoms with E-state index in [0.29, 0.717) is 16.3 Å². The summed E-state index contributed by atoms with van der Waals surface area (Å²) in [7, 11) is 1.29. The number of hydrogen-bond donors (Lipinski definition) is 0. The molecule has 7 heteroatoms. The van der Waals surface area contributed by atoms with Crippen molar-refractivity contribution in [1.82, 2.24) is 4.90 Å². The third-order valence-corrected chi connectivity index (χ3v) is 5.33. The van der Waals surface area contributed by atoms with Gasteiger partial charge in [0, 0.05) is 32.5 Å². The van der Waals surface area contributed by atoms with Crippen LogP contribution in [-0.4, -0.2) is 48.9 Å². The Morgan fingerprint density at radius 2 is 2.04 bits per heavy atom. The van der Waals surface area contributed by atoms with Crippen LogP contribution >= 0.6 is 11.6 Å². The zero-order chi connectivity index (χ0) is 20.0. The maximum Gasteiger partial charge on any atom is 0.337 e. The lowest BCUT2D eigenvalue weighted by molar-refractivity contribution is -0.134. The molecule has 148 valence electrons. The fourth-order valence-corrected chi connectivity index (χ4v) is 3.74. The molecule has 1 fully saturated rings. The standard InChI is InChI=1S/C20H27ClN2O4/c1-4-16-7-5-6-11-23(16)19(25)10-12-22(14(2)24)18-13-15(20(26)27-3)8-9-17(18)21/h8-9,13,16H,4-7,10-12H2,1-3H3. The number of carbonyl (C=O) groups is 3. The van der Waals surface area contributed by atoms with E-state index in [9.17, 15) is 14.4 Å². The monoisotopic (exact) mass is 394 g/mol. The SMILES string of the molecule is CCC1CCCCN1C(=O)CCN(C(C)=O)c1cc(C(=O)OC)ccc1Cl. The van der Waals surface area contributed by atoms with Gasteiger partial charge in [0.25, 0.3) is 0 Å². The van der Waals surface area contributed by atoms with Gasteiger partial charge in [-0.1, -0.05) is 18.5 Å². The predicted molar refractivity (Wildman–Crippen MR) is 105 cm³/mol. The molecule has 0 radical (unpaired) electrons. The minimum Gasteiger partial charge on any atom is -0.465 e. The zero-order valence-corrected chi connectivity index (χ0v) is 16.9. The Balaban J connectivity index is 2.15. The van der Waals surface area contributed by atoms with Crippen molar-refractivity contribution in [1.29, 1.82) is 0 Å². The maximum atomic E-state index is 12.7. The molecule has 1 atom stereocenters. The number of likely N-dealkylation sites (tertiary alicyclic amines) is 1. The summed E-state index contributed by atoms with van der Waals surface area (Å²) in [6, 6.07) is 4.90. The van der Waals surface area contributed by atoms with Crippen molar-refractivity contribution in [3.8, 4) is 0 Å². The Labute approximate surface area is 165 Å². The summed E-state index contributed by atoms with van der Waals surface area (Å²) in [6.45, 7) is 4.50. The van der Waals surface area contributed by atoms with Crippen LogP contribution in [0.3, 0.4) is 0 Å². The molecule has 27 heavy (non-hydrogen) atoms. The number of ether oxygens (including phenoxy) is 1.